The second kappa shape index (κ2) is 29.9. The van der Waals surface area contributed by atoms with Crippen molar-refractivity contribution in [3.63, 3.8) is 0 Å². The second-order valence-corrected chi connectivity index (χ2v) is 22.6. The minimum absolute atomic E-state index is 0.535. The van der Waals surface area contributed by atoms with Crippen LogP contribution in [0.4, 0.5) is 34.1 Å². The van der Waals surface area contributed by atoms with Gasteiger partial charge in [0.25, 0.3) is 0 Å². The normalized spacial score (nSPS) is 13.6. The molecule has 0 aliphatic heterocycles. The van der Waals surface area contributed by atoms with Gasteiger partial charge in [-0.25, -0.2) is 0 Å². The fourth-order valence-electron chi connectivity index (χ4n) is 11.5. The molecule has 0 heterocycles. The molecule has 0 radical (unpaired) electrons. The molecule has 0 bridgehead atoms. The predicted octanol–water partition coefficient (Wildman–Crippen LogP) is 24.9. The van der Waals surface area contributed by atoms with Gasteiger partial charge in [0.1, 0.15) is 0 Å². The van der Waals surface area contributed by atoms with Crippen molar-refractivity contribution in [3.05, 3.63) is 354 Å². The van der Waals surface area contributed by atoms with Crippen LogP contribution in [-0.4, -0.2) is 0 Å². The van der Waals surface area contributed by atoms with Crippen molar-refractivity contribution in [2.45, 2.75) is 88.0 Å². The van der Waals surface area contributed by atoms with Crippen LogP contribution in [-0.2, 0) is 5.41 Å². The summed E-state index contributed by atoms with van der Waals surface area (Å²) in [5, 5.41) is 0. The first-order chi connectivity index (χ1) is 42.3. The zero-order valence-corrected chi connectivity index (χ0v) is 53.2. The average Bonchev–Trinajstić information content (AvgIpc) is 1.52. The zero-order valence-electron chi connectivity index (χ0n) is 53.2. The summed E-state index contributed by atoms with van der Waals surface area (Å²) in [6.45, 7) is 34.2. The Balaban J connectivity index is 0.000000425. The Morgan fingerprint density at radius 3 is 1.54 bits per heavy atom. The molecule has 0 saturated heterocycles. The molecule has 1 unspecified atom stereocenters. The smallest absolute Gasteiger partial charge is 0.0726 e. The van der Waals surface area contributed by atoms with E-state index in [1.54, 1.807) is 0 Å². The van der Waals surface area contributed by atoms with Gasteiger partial charge in [0.15, 0.2) is 0 Å². The zero-order chi connectivity index (χ0) is 62.0. The number of nitrogens with zero attached hydrogens (tertiary/aromatic N) is 2. The van der Waals surface area contributed by atoms with Gasteiger partial charge in [-0.3, -0.25) is 0 Å². The molecule has 1 spiro atoms. The van der Waals surface area contributed by atoms with Crippen LogP contribution in [0.1, 0.15) is 106 Å². The van der Waals surface area contributed by atoms with Gasteiger partial charge in [0, 0.05) is 34.0 Å². The molecular weight excluding hydrogens is 1050 g/mol. The van der Waals surface area contributed by atoms with E-state index in [-0.39, 0.29) is 0 Å². The molecule has 0 fully saturated rings. The first kappa shape index (κ1) is 63.3. The molecule has 0 amide bonds. The van der Waals surface area contributed by atoms with E-state index in [1.807, 2.05) is 64.2 Å². The fourth-order valence-corrected chi connectivity index (χ4v) is 11.5. The first-order valence-electron chi connectivity index (χ1n) is 30.6. The highest BCUT2D eigenvalue weighted by atomic mass is 15.1. The Bertz CT molecular complexity index is 3990. The van der Waals surface area contributed by atoms with Crippen molar-refractivity contribution in [3.8, 4) is 33.4 Å². The maximum Gasteiger partial charge on any atom is 0.0726 e. The summed E-state index contributed by atoms with van der Waals surface area (Å²) >= 11 is 0. The lowest BCUT2D eigenvalue weighted by Crippen LogP contribution is -2.26. The molecule has 0 N–H and O–H groups in total. The number of fused-ring (bicyclic) bond motifs is 10. The molecule has 0 saturated carbocycles. The van der Waals surface area contributed by atoms with Crippen LogP contribution in [0.25, 0.3) is 39.0 Å². The molecule has 9 aromatic carbocycles. The van der Waals surface area contributed by atoms with Gasteiger partial charge in [-0.15, -0.1) is 0 Å². The van der Waals surface area contributed by atoms with E-state index in [0.717, 1.165) is 39.6 Å². The topological polar surface area (TPSA) is 6.48 Å². The number of rotatable bonds is 14. The van der Waals surface area contributed by atoms with Gasteiger partial charge in [0.05, 0.1) is 11.1 Å². The number of allylic oxidation sites excluding steroid dienone is 15. The quantitative estimate of drug-likeness (QED) is 0.100. The third-order valence-corrected chi connectivity index (χ3v) is 15.6. The summed E-state index contributed by atoms with van der Waals surface area (Å²) in [7, 11) is 0. The highest BCUT2D eigenvalue weighted by molar-refractivity contribution is 6.01. The number of aryl methyl sites for hydroxylation is 3. The van der Waals surface area contributed by atoms with E-state index in [4.69, 9.17) is 0 Å². The molecule has 87 heavy (non-hydrogen) atoms. The Morgan fingerprint density at radius 1 is 0.425 bits per heavy atom. The van der Waals surface area contributed by atoms with Crippen LogP contribution in [0.2, 0.25) is 0 Å². The molecule has 2 aliphatic rings. The lowest BCUT2D eigenvalue weighted by atomic mass is 9.70. The first-order valence-corrected chi connectivity index (χ1v) is 30.6. The summed E-state index contributed by atoms with van der Waals surface area (Å²) in [6.07, 6.45) is 23.2. The lowest BCUT2D eigenvalue weighted by molar-refractivity contribution is 0.794. The third kappa shape index (κ3) is 14.2. The van der Waals surface area contributed by atoms with E-state index < -0.39 is 5.41 Å². The van der Waals surface area contributed by atoms with Gasteiger partial charge >= 0.3 is 0 Å². The van der Waals surface area contributed by atoms with Crippen LogP contribution >= 0.6 is 0 Å². The number of para-hydroxylation sites is 1. The van der Waals surface area contributed by atoms with Crippen molar-refractivity contribution in [1.82, 2.24) is 0 Å². The number of hydrogen-bond acceptors (Lipinski definition) is 2. The summed E-state index contributed by atoms with van der Waals surface area (Å²) < 4.78 is 0. The fraction of sp³-hybridized carbons (Fsp3) is 0.153. The monoisotopic (exact) mass is 1130 g/mol. The minimum Gasteiger partial charge on any atom is -0.310 e. The van der Waals surface area contributed by atoms with Crippen molar-refractivity contribution >= 4 is 39.7 Å². The lowest BCUT2D eigenvalue weighted by Gasteiger charge is -2.32. The predicted molar refractivity (Wildman–Crippen MR) is 383 cm³/mol. The van der Waals surface area contributed by atoms with Crippen LogP contribution in [0.15, 0.2) is 310 Å². The molecule has 9 aromatic rings. The van der Waals surface area contributed by atoms with Gasteiger partial charge in [-0.2, -0.15) is 0 Å². The van der Waals surface area contributed by atoms with Crippen LogP contribution < -0.4 is 9.80 Å². The molecule has 11 rings (SSSR count). The highest BCUT2D eigenvalue weighted by Gasteiger charge is 2.52. The highest BCUT2D eigenvalue weighted by Crippen LogP contribution is 2.65. The number of anilines is 6. The maximum absolute atomic E-state index is 3.96. The van der Waals surface area contributed by atoms with Crippen molar-refractivity contribution < 1.29 is 0 Å². The van der Waals surface area contributed by atoms with E-state index >= 15 is 0 Å². The summed E-state index contributed by atoms with van der Waals surface area (Å²) in [5.74, 6) is 0. The molecule has 2 heteroatoms. The van der Waals surface area contributed by atoms with Gasteiger partial charge in [0.2, 0.25) is 0 Å². The minimum atomic E-state index is -0.535. The van der Waals surface area contributed by atoms with Gasteiger partial charge in [-0.1, -0.05) is 268 Å². The average molecular weight is 1140 g/mol. The number of hydrogen-bond donors (Lipinski definition) is 0. The SMILES string of the molecule is C=C/C(C)=C\C=C(C)C.C=C/C(C)=C\C=C/C.C=C/C=C(\C=C/C)c1ccc(N(c2ccccc2)c2cc(C)cc(-c3ccc4c(c3)C3(c5ccccc5-4)c4ccccc4-c4c(N(c5ccc(C)cc5)c5ccc(C)cc5)cccc43)c2)cc1.CCC. The Morgan fingerprint density at radius 2 is 0.954 bits per heavy atom. The summed E-state index contributed by atoms with van der Waals surface area (Å²) in [6, 6.07) is 76.9. The van der Waals surface area contributed by atoms with Crippen molar-refractivity contribution in [2.75, 3.05) is 9.80 Å². The largest absolute Gasteiger partial charge is 0.310 e. The molecule has 2 aliphatic carbocycles. The molecular formula is C85H86N2. The molecule has 1 atom stereocenters. The second-order valence-electron chi connectivity index (χ2n) is 22.6. The van der Waals surface area contributed by atoms with Crippen LogP contribution in [0.5, 0.6) is 0 Å². The van der Waals surface area contributed by atoms with E-state index in [0.29, 0.717) is 0 Å². The molecule has 2 nitrogen and oxygen atoms in total. The Labute approximate surface area is 522 Å². The van der Waals surface area contributed by atoms with E-state index in [9.17, 15) is 0 Å². The van der Waals surface area contributed by atoms with Crippen molar-refractivity contribution in [1.29, 1.82) is 0 Å². The Hall–Kier alpha value is -9.76. The molecule has 0 aromatic heterocycles. The van der Waals surface area contributed by atoms with E-state index in [2.05, 4.69) is 315 Å². The van der Waals surface area contributed by atoms with Crippen LogP contribution in [0.3, 0.4) is 0 Å². The van der Waals surface area contributed by atoms with Gasteiger partial charge < -0.3 is 9.80 Å². The summed E-state index contributed by atoms with van der Waals surface area (Å²) in [5.41, 5.74) is 28.6. The summed E-state index contributed by atoms with van der Waals surface area (Å²) in [4.78, 5) is 4.82. The standard InChI is InChI=1S/C65H52N2.C9H14.C8H12.C3H8/c1-6-16-47(17-7-2)48-30-37-52(38-31-48)66(51-18-9-8-10-19-51)55-41-46(5)40-50(42-55)49-32-39-57-56-20-11-13-22-59(56)65(62(57)43-49)60-23-14-12-21-58(60)64-61(65)24-15-25-63(64)67(53-33-26-44(3)27-34-53)54-35-28-45(4)29-36-54;1-5-9(4)7-6-8(2)3;1-4-6-7-8(3)5-2;1-3-2/h6-43H,1H2,2-5H3;5-7H,1H2,2-4H3;4-7H,2H2,1,3H3;3H2,1-2H3/b17-7-,47-16+;9-7-;6-4-,8-7-;. The third-order valence-electron chi connectivity index (χ3n) is 15.6. The van der Waals surface area contributed by atoms with Crippen LogP contribution in [0, 0.1) is 20.8 Å². The van der Waals surface area contributed by atoms with E-state index in [1.165, 1.54) is 101 Å². The number of benzene rings is 9. The van der Waals surface area contributed by atoms with Gasteiger partial charge in [-0.05, 0) is 202 Å². The maximum atomic E-state index is 3.96. The molecule has 436 valence electrons. The van der Waals surface area contributed by atoms with Crippen molar-refractivity contribution in [2.24, 2.45) is 0 Å². The Kier molecular flexibility index (Phi) is 21.7.